The molecule has 0 radical (unpaired) electrons. The predicted molar refractivity (Wildman–Crippen MR) is 75.9 cm³/mol. The Hall–Kier alpha value is -0.110. The molecule has 2 aliphatic carbocycles. The maximum atomic E-state index is 14.1. The average Bonchev–Trinajstić information content (AvgIpc) is 2.48. The smallest absolute Gasteiger partial charge is 0.105 e. The first-order chi connectivity index (χ1) is 9.33. The first-order valence-corrected chi connectivity index (χ1v) is 8.62. The van der Waals surface area contributed by atoms with Crippen molar-refractivity contribution in [2.24, 2.45) is 11.8 Å². The fourth-order valence-corrected chi connectivity index (χ4v) is 4.56. The molecule has 0 spiro atoms. The van der Waals surface area contributed by atoms with Crippen molar-refractivity contribution in [1.82, 2.24) is 0 Å². The molecule has 1 saturated heterocycles. The Morgan fingerprint density at radius 1 is 0.632 bits per heavy atom. The zero-order valence-electron chi connectivity index (χ0n) is 12.2. The van der Waals surface area contributed by atoms with E-state index in [0.29, 0.717) is 24.7 Å². The Balaban J connectivity index is 1.59. The van der Waals surface area contributed by atoms with Gasteiger partial charge in [0.25, 0.3) is 0 Å². The standard InChI is InChI=1S/C17H29FO/c18-15-11-16(13-7-3-1-4-8-13)19-17(12-15)14-9-5-2-6-10-14/h13-17H,1-12H2/t15?,16-,17+. The van der Waals surface area contributed by atoms with Gasteiger partial charge in [0.15, 0.2) is 0 Å². The van der Waals surface area contributed by atoms with Crippen LogP contribution in [-0.4, -0.2) is 18.4 Å². The van der Waals surface area contributed by atoms with Gasteiger partial charge >= 0.3 is 0 Å². The molecule has 110 valence electrons. The number of halogens is 1. The van der Waals surface area contributed by atoms with Crippen molar-refractivity contribution in [3.05, 3.63) is 0 Å². The molecule has 0 bridgehead atoms. The summed E-state index contributed by atoms with van der Waals surface area (Å²) in [5, 5.41) is 0. The van der Waals surface area contributed by atoms with E-state index in [1.165, 1.54) is 64.2 Å². The first kappa shape index (κ1) is 13.9. The van der Waals surface area contributed by atoms with Crippen LogP contribution in [0.5, 0.6) is 0 Å². The van der Waals surface area contributed by atoms with Gasteiger partial charge in [0.2, 0.25) is 0 Å². The van der Waals surface area contributed by atoms with E-state index in [2.05, 4.69) is 0 Å². The molecule has 0 aromatic rings. The lowest BCUT2D eigenvalue weighted by atomic mass is 9.78. The van der Waals surface area contributed by atoms with E-state index in [1.54, 1.807) is 0 Å². The lowest BCUT2D eigenvalue weighted by Gasteiger charge is -2.42. The van der Waals surface area contributed by atoms with E-state index >= 15 is 0 Å². The summed E-state index contributed by atoms with van der Waals surface area (Å²) in [6.07, 6.45) is 14.4. The summed E-state index contributed by atoms with van der Waals surface area (Å²) < 4.78 is 20.5. The van der Waals surface area contributed by atoms with Crippen LogP contribution in [0.25, 0.3) is 0 Å². The van der Waals surface area contributed by atoms with Crippen molar-refractivity contribution < 1.29 is 9.13 Å². The summed E-state index contributed by atoms with van der Waals surface area (Å²) in [6, 6.07) is 0. The molecule has 3 aliphatic rings. The van der Waals surface area contributed by atoms with Crippen LogP contribution >= 0.6 is 0 Å². The Kier molecular flexibility index (Phi) is 4.78. The van der Waals surface area contributed by atoms with Gasteiger partial charge in [0, 0.05) is 12.8 Å². The van der Waals surface area contributed by atoms with Gasteiger partial charge in [0.05, 0.1) is 12.2 Å². The second-order valence-electron chi connectivity index (χ2n) is 7.08. The summed E-state index contributed by atoms with van der Waals surface area (Å²) in [6.45, 7) is 0. The van der Waals surface area contributed by atoms with E-state index in [-0.39, 0.29) is 12.2 Å². The minimum absolute atomic E-state index is 0.232. The maximum Gasteiger partial charge on any atom is 0.105 e. The van der Waals surface area contributed by atoms with E-state index in [9.17, 15) is 4.39 Å². The highest BCUT2D eigenvalue weighted by Crippen LogP contribution is 2.39. The van der Waals surface area contributed by atoms with Crippen molar-refractivity contribution >= 4 is 0 Å². The normalized spacial score (nSPS) is 39.3. The van der Waals surface area contributed by atoms with Crippen molar-refractivity contribution in [2.45, 2.75) is 95.4 Å². The van der Waals surface area contributed by atoms with Gasteiger partial charge in [-0.15, -0.1) is 0 Å². The SMILES string of the molecule is FC1C[C@@H](C2CCCCC2)O[C@@H](C2CCCCC2)C1. The second-order valence-corrected chi connectivity index (χ2v) is 7.08. The highest BCUT2D eigenvalue weighted by molar-refractivity contribution is 4.87. The van der Waals surface area contributed by atoms with Crippen LogP contribution in [0, 0.1) is 11.8 Å². The molecule has 0 aromatic carbocycles. The third kappa shape index (κ3) is 3.51. The van der Waals surface area contributed by atoms with Crippen molar-refractivity contribution in [2.75, 3.05) is 0 Å². The third-order valence-corrected chi connectivity index (χ3v) is 5.68. The Labute approximate surface area is 117 Å². The van der Waals surface area contributed by atoms with Crippen LogP contribution < -0.4 is 0 Å². The predicted octanol–water partition coefficient (Wildman–Crippen LogP) is 5.03. The number of ether oxygens (including phenoxy) is 1. The van der Waals surface area contributed by atoms with Gasteiger partial charge in [-0.2, -0.15) is 0 Å². The number of alkyl halides is 1. The Morgan fingerprint density at radius 3 is 1.47 bits per heavy atom. The summed E-state index contributed by atoms with van der Waals surface area (Å²) in [4.78, 5) is 0. The van der Waals surface area contributed by atoms with Crippen molar-refractivity contribution in [1.29, 1.82) is 0 Å². The van der Waals surface area contributed by atoms with Crippen LogP contribution in [0.1, 0.15) is 77.0 Å². The molecule has 3 atom stereocenters. The van der Waals surface area contributed by atoms with Gasteiger partial charge < -0.3 is 4.74 Å². The molecule has 0 aromatic heterocycles. The zero-order chi connectivity index (χ0) is 13.1. The largest absolute Gasteiger partial charge is 0.374 e. The molecule has 3 rings (SSSR count). The molecule has 19 heavy (non-hydrogen) atoms. The van der Waals surface area contributed by atoms with Gasteiger partial charge in [-0.1, -0.05) is 38.5 Å². The summed E-state index contributed by atoms with van der Waals surface area (Å²) in [5.74, 6) is 1.30. The Bertz CT molecular complexity index is 242. The highest BCUT2D eigenvalue weighted by atomic mass is 19.1. The lowest BCUT2D eigenvalue weighted by molar-refractivity contribution is -0.131. The van der Waals surface area contributed by atoms with Crippen molar-refractivity contribution in [3.63, 3.8) is 0 Å². The summed E-state index contributed by atoms with van der Waals surface area (Å²) in [7, 11) is 0. The molecule has 2 heteroatoms. The minimum atomic E-state index is -0.604. The molecule has 3 fully saturated rings. The average molecular weight is 268 g/mol. The molecule has 1 heterocycles. The highest BCUT2D eigenvalue weighted by Gasteiger charge is 2.38. The maximum absolute atomic E-state index is 14.1. The van der Waals surface area contributed by atoms with Crippen LogP contribution in [0.15, 0.2) is 0 Å². The first-order valence-electron chi connectivity index (χ1n) is 8.62. The van der Waals surface area contributed by atoms with Gasteiger partial charge in [-0.25, -0.2) is 4.39 Å². The Morgan fingerprint density at radius 2 is 1.05 bits per heavy atom. The van der Waals surface area contributed by atoms with Crippen LogP contribution in [-0.2, 0) is 4.74 Å². The monoisotopic (exact) mass is 268 g/mol. The molecule has 2 saturated carbocycles. The molecule has 0 N–H and O–H groups in total. The summed E-state index contributed by atoms with van der Waals surface area (Å²) in [5.41, 5.74) is 0. The van der Waals surface area contributed by atoms with E-state index in [4.69, 9.17) is 4.74 Å². The number of rotatable bonds is 2. The van der Waals surface area contributed by atoms with Crippen LogP contribution in [0.4, 0.5) is 4.39 Å². The lowest BCUT2D eigenvalue weighted by Crippen LogP contribution is -2.42. The molecule has 0 amide bonds. The van der Waals surface area contributed by atoms with Gasteiger partial charge in [-0.3, -0.25) is 0 Å². The zero-order valence-corrected chi connectivity index (χ0v) is 12.2. The quantitative estimate of drug-likeness (QED) is 0.682. The minimum Gasteiger partial charge on any atom is -0.374 e. The summed E-state index contributed by atoms with van der Waals surface area (Å²) >= 11 is 0. The van der Waals surface area contributed by atoms with E-state index < -0.39 is 6.17 Å². The fourth-order valence-electron chi connectivity index (χ4n) is 4.56. The topological polar surface area (TPSA) is 9.23 Å². The van der Waals surface area contributed by atoms with E-state index in [1.807, 2.05) is 0 Å². The van der Waals surface area contributed by atoms with E-state index in [0.717, 1.165) is 0 Å². The second kappa shape index (κ2) is 6.56. The van der Waals surface area contributed by atoms with Crippen LogP contribution in [0.3, 0.4) is 0 Å². The molecular formula is C17H29FO. The molecule has 1 nitrogen and oxygen atoms in total. The van der Waals surface area contributed by atoms with Crippen molar-refractivity contribution in [3.8, 4) is 0 Å². The molecular weight excluding hydrogens is 239 g/mol. The molecule has 1 aliphatic heterocycles. The molecule has 1 unspecified atom stereocenters. The van der Waals surface area contributed by atoms with Gasteiger partial charge in [0.1, 0.15) is 6.17 Å². The number of hydrogen-bond acceptors (Lipinski definition) is 1. The van der Waals surface area contributed by atoms with Gasteiger partial charge in [-0.05, 0) is 37.5 Å². The van der Waals surface area contributed by atoms with Crippen LogP contribution in [0.2, 0.25) is 0 Å². The fraction of sp³-hybridized carbons (Fsp3) is 1.00. The number of hydrogen-bond donors (Lipinski definition) is 0. The third-order valence-electron chi connectivity index (χ3n) is 5.68.